The van der Waals surface area contributed by atoms with Crippen LogP contribution < -0.4 is 10.5 Å². The van der Waals surface area contributed by atoms with E-state index in [0.717, 1.165) is 11.3 Å². The first-order valence-corrected chi connectivity index (χ1v) is 5.78. The lowest BCUT2D eigenvalue weighted by atomic mass is 10.1. The predicted octanol–water partition coefficient (Wildman–Crippen LogP) is 2.78. The summed E-state index contributed by atoms with van der Waals surface area (Å²) in [7, 11) is 0. The highest BCUT2D eigenvalue weighted by Crippen LogP contribution is 2.27. The zero-order valence-corrected chi connectivity index (χ0v) is 10.5. The maximum Gasteiger partial charge on any atom is 0.124 e. The van der Waals surface area contributed by atoms with E-state index >= 15 is 0 Å². The van der Waals surface area contributed by atoms with Crippen molar-refractivity contribution in [2.75, 3.05) is 19.8 Å². The van der Waals surface area contributed by atoms with Gasteiger partial charge in [-0.25, -0.2) is 0 Å². The second-order valence-corrected chi connectivity index (χ2v) is 3.95. The molecule has 16 heavy (non-hydrogen) atoms. The number of hydrogen-bond donors (Lipinski definition) is 1. The summed E-state index contributed by atoms with van der Waals surface area (Å²) in [6, 6.07) is 5.37. The zero-order chi connectivity index (χ0) is 12.0. The molecule has 0 radical (unpaired) electrons. The minimum Gasteiger partial charge on any atom is -0.491 e. The van der Waals surface area contributed by atoms with Gasteiger partial charge in [0.05, 0.1) is 6.61 Å². The first-order valence-electron chi connectivity index (χ1n) is 5.40. The first kappa shape index (κ1) is 13.3. The van der Waals surface area contributed by atoms with Crippen LogP contribution in [0, 0.1) is 0 Å². The van der Waals surface area contributed by atoms with Gasteiger partial charge >= 0.3 is 0 Å². The molecule has 0 bridgehead atoms. The third kappa shape index (κ3) is 4.00. The summed E-state index contributed by atoms with van der Waals surface area (Å²) < 4.78 is 10.8. The first-order chi connectivity index (χ1) is 7.65. The van der Waals surface area contributed by atoms with Crippen LogP contribution in [0.3, 0.4) is 0 Å². The van der Waals surface area contributed by atoms with E-state index in [4.69, 9.17) is 26.8 Å². The molecule has 1 aromatic rings. The Bertz CT molecular complexity index is 329. The second-order valence-electron chi connectivity index (χ2n) is 3.52. The third-order valence-electron chi connectivity index (χ3n) is 2.15. The van der Waals surface area contributed by atoms with Gasteiger partial charge in [0.25, 0.3) is 0 Å². The molecule has 0 aliphatic rings. The van der Waals surface area contributed by atoms with Gasteiger partial charge in [-0.15, -0.1) is 0 Å². The van der Waals surface area contributed by atoms with Crippen molar-refractivity contribution in [2.45, 2.75) is 19.9 Å². The van der Waals surface area contributed by atoms with Gasteiger partial charge in [-0.2, -0.15) is 0 Å². The molecule has 1 atom stereocenters. The van der Waals surface area contributed by atoms with E-state index in [0.29, 0.717) is 24.8 Å². The Hall–Kier alpha value is -0.770. The summed E-state index contributed by atoms with van der Waals surface area (Å²) in [6.07, 6.45) is 0. The molecule has 0 heterocycles. The Morgan fingerprint density at radius 2 is 2.12 bits per heavy atom. The lowest BCUT2D eigenvalue weighted by molar-refractivity contribution is 0.109. The van der Waals surface area contributed by atoms with Crippen LogP contribution in [-0.2, 0) is 4.74 Å². The molecule has 0 aromatic heterocycles. The van der Waals surface area contributed by atoms with Crippen LogP contribution in [0.5, 0.6) is 5.75 Å². The molecule has 3 nitrogen and oxygen atoms in total. The minimum atomic E-state index is -0.0965. The van der Waals surface area contributed by atoms with E-state index in [-0.39, 0.29) is 6.04 Å². The summed E-state index contributed by atoms with van der Waals surface area (Å²) in [6.45, 7) is 5.66. The Morgan fingerprint density at radius 1 is 1.38 bits per heavy atom. The van der Waals surface area contributed by atoms with Gasteiger partial charge in [-0.3, -0.25) is 0 Å². The maximum absolute atomic E-state index is 5.91. The lowest BCUT2D eigenvalue weighted by Gasteiger charge is -2.14. The molecule has 0 unspecified atom stereocenters. The molecule has 2 N–H and O–H groups in total. The van der Waals surface area contributed by atoms with Crippen molar-refractivity contribution >= 4 is 11.6 Å². The van der Waals surface area contributed by atoms with Gasteiger partial charge < -0.3 is 15.2 Å². The Labute approximate surface area is 101 Å². The highest BCUT2D eigenvalue weighted by molar-refractivity contribution is 6.30. The normalized spacial score (nSPS) is 12.5. The van der Waals surface area contributed by atoms with Crippen LogP contribution in [0.4, 0.5) is 0 Å². The summed E-state index contributed by atoms with van der Waals surface area (Å²) in [4.78, 5) is 0. The quantitative estimate of drug-likeness (QED) is 0.782. The average Bonchev–Trinajstić information content (AvgIpc) is 2.26. The van der Waals surface area contributed by atoms with E-state index in [2.05, 4.69) is 0 Å². The Balaban J connectivity index is 2.64. The fourth-order valence-electron chi connectivity index (χ4n) is 1.36. The van der Waals surface area contributed by atoms with Gasteiger partial charge in [-0.05, 0) is 32.0 Å². The number of halogens is 1. The SMILES string of the molecule is CCOCCOc1ccc(Cl)cc1[C@H](C)N. The molecule has 1 aromatic carbocycles. The van der Waals surface area contributed by atoms with E-state index < -0.39 is 0 Å². The molecule has 0 spiro atoms. The molecule has 1 rings (SSSR count). The van der Waals surface area contributed by atoms with Crippen molar-refractivity contribution in [3.8, 4) is 5.75 Å². The van der Waals surface area contributed by atoms with Crippen LogP contribution in [-0.4, -0.2) is 19.8 Å². The smallest absolute Gasteiger partial charge is 0.124 e. The van der Waals surface area contributed by atoms with Crippen LogP contribution in [0.2, 0.25) is 5.02 Å². The second kappa shape index (κ2) is 6.74. The molecule has 0 amide bonds. The minimum absolute atomic E-state index is 0.0965. The van der Waals surface area contributed by atoms with Gasteiger partial charge in [0.2, 0.25) is 0 Å². The molecule has 0 saturated heterocycles. The molecule has 0 fully saturated rings. The van der Waals surface area contributed by atoms with E-state index in [9.17, 15) is 0 Å². The van der Waals surface area contributed by atoms with Crippen LogP contribution in [0.15, 0.2) is 18.2 Å². The van der Waals surface area contributed by atoms with Gasteiger partial charge in [0.1, 0.15) is 12.4 Å². The molecule has 0 saturated carbocycles. The topological polar surface area (TPSA) is 44.5 Å². The summed E-state index contributed by atoms with van der Waals surface area (Å²) in [5.74, 6) is 0.777. The van der Waals surface area contributed by atoms with Crippen molar-refractivity contribution in [3.05, 3.63) is 28.8 Å². The predicted molar refractivity (Wildman–Crippen MR) is 66.0 cm³/mol. The van der Waals surface area contributed by atoms with Gasteiger partial charge in [0.15, 0.2) is 0 Å². The van der Waals surface area contributed by atoms with Crippen LogP contribution in [0.1, 0.15) is 25.5 Å². The van der Waals surface area contributed by atoms with Crippen LogP contribution in [0.25, 0.3) is 0 Å². The molecule has 0 aliphatic heterocycles. The van der Waals surface area contributed by atoms with Crippen molar-refractivity contribution in [1.82, 2.24) is 0 Å². The summed E-state index contributed by atoms with van der Waals surface area (Å²) >= 11 is 5.91. The molecule has 4 heteroatoms. The number of hydrogen-bond acceptors (Lipinski definition) is 3. The molecular formula is C12H18ClNO2. The van der Waals surface area contributed by atoms with Crippen LogP contribution >= 0.6 is 11.6 Å². The standard InChI is InChI=1S/C12H18ClNO2/c1-3-15-6-7-16-12-5-4-10(13)8-11(12)9(2)14/h4-5,8-9H,3,6-7,14H2,1-2H3/t9-/m0/s1. The molecular weight excluding hydrogens is 226 g/mol. The number of ether oxygens (including phenoxy) is 2. The lowest BCUT2D eigenvalue weighted by Crippen LogP contribution is -2.11. The van der Waals surface area contributed by atoms with Gasteiger partial charge in [-0.1, -0.05) is 11.6 Å². The Kier molecular flexibility index (Phi) is 5.60. The number of rotatable bonds is 6. The zero-order valence-electron chi connectivity index (χ0n) is 9.70. The van der Waals surface area contributed by atoms with Crippen molar-refractivity contribution < 1.29 is 9.47 Å². The number of benzene rings is 1. The fraction of sp³-hybridized carbons (Fsp3) is 0.500. The third-order valence-corrected chi connectivity index (χ3v) is 2.39. The van der Waals surface area contributed by atoms with E-state index in [1.165, 1.54) is 0 Å². The summed E-state index contributed by atoms with van der Waals surface area (Å²) in [5.41, 5.74) is 6.76. The monoisotopic (exact) mass is 243 g/mol. The highest BCUT2D eigenvalue weighted by atomic mass is 35.5. The van der Waals surface area contributed by atoms with Gasteiger partial charge in [0, 0.05) is 23.2 Å². The van der Waals surface area contributed by atoms with Crippen molar-refractivity contribution in [2.24, 2.45) is 5.73 Å². The molecule has 0 aliphatic carbocycles. The highest BCUT2D eigenvalue weighted by Gasteiger charge is 2.08. The fourth-order valence-corrected chi connectivity index (χ4v) is 1.54. The van der Waals surface area contributed by atoms with Crippen molar-refractivity contribution in [3.63, 3.8) is 0 Å². The summed E-state index contributed by atoms with van der Waals surface area (Å²) in [5, 5.41) is 0.671. The maximum atomic E-state index is 5.91. The molecule has 90 valence electrons. The number of nitrogens with two attached hydrogens (primary N) is 1. The Morgan fingerprint density at radius 3 is 2.75 bits per heavy atom. The van der Waals surface area contributed by atoms with E-state index in [1.54, 1.807) is 6.07 Å². The van der Waals surface area contributed by atoms with E-state index in [1.807, 2.05) is 26.0 Å². The van der Waals surface area contributed by atoms with Crippen molar-refractivity contribution in [1.29, 1.82) is 0 Å². The average molecular weight is 244 g/mol. The largest absolute Gasteiger partial charge is 0.491 e.